The molecular formula is C17H28N2O2S. The van der Waals surface area contributed by atoms with Gasteiger partial charge in [-0.05, 0) is 88.2 Å². The molecule has 2 rings (SSSR count). The van der Waals surface area contributed by atoms with Crippen molar-refractivity contribution in [2.24, 2.45) is 11.7 Å². The summed E-state index contributed by atoms with van der Waals surface area (Å²) < 4.78 is 28.1. The lowest BCUT2D eigenvalue weighted by atomic mass is 9.95. The minimum Gasteiger partial charge on any atom is -0.330 e. The van der Waals surface area contributed by atoms with Crippen LogP contribution in [0.4, 0.5) is 0 Å². The van der Waals surface area contributed by atoms with Crippen molar-refractivity contribution < 1.29 is 8.42 Å². The number of hydrogen-bond donors (Lipinski definition) is 1. The number of nitrogens with two attached hydrogens (primary N) is 1. The molecule has 22 heavy (non-hydrogen) atoms. The maximum Gasteiger partial charge on any atom is 0.243 e. The lowest BCUT2D eigenvalue weighted by Gasteiger charge is -2.26. The van der Waals surface area contributed by atoms with Gasteiger partial charge in [0.15, 0.2) is 0 Å². The summed E-state index contributed by atoms with van der Waals surface area (Å²) in [7, 11) is -3.48. The minimum absolute atomic E-state index is 0.0132. The molecule has 124 valence electrons. The Morgan fingerprint density at radius 1 is 1.00 bits per heavy atom. The third kappa shape index (κ3) is 2.59. The average Bonchev–Trinajstić information content (AvgIpc) is 2.85. The number of hydrogen-bond acceptors (Lipinski definition) is 3. The largest absolute Gasteiger partial charge is 0.330 e. The number of benzene rings is 1. The Kier molecular flexibility index (Phi) is 4.71. The average molecular weight is 324 g/mol. The van der Waals surface area contributed by atoms with Gasteiger partial charge in [-0.1, -0.05) is 0 Å². The first-order valence-corrected chi connectivity index (χ1v) is 9.35. The first-order valence-electron chi connectivity index (χ1n) is 7.91. The van der Waals surface area contributed by atoms with Gasteiger partial charge in [0.2, 0.25) is 10.0 Å². The van der Waals surface area contributed by atoms with Crippen molar-refractivity contribution in [2.45, 2.75) is 58.9 Å². The van der Waals surface area contributed by atoms with Gasteiger partial charge in [-0.2, -0.15) is 4.31 Å². The molecule has 1 heterocycles. The molecule has 1 saturated heterocycles. The van der Waals surface area contributed by atoms with Gasteiger partial charge in [-0.3, -0.25) is 0 Å². The summed E-state index contributed by atoms with van der Waals surface area (Å²) in [4.78, 5) is 0.498. The van der Waals surface area contributed by atoms with E-state index in [1.54, 1.807) is 4.31 Å². The van der Waals surface area contributed by atoms with Crippen molar-refractivity contribution >= 4 is 10.0 Å². The van der Waals surface area contributed by atoms with Gasteiger partial charge in [0.05, 0.1) is 4.90 Å². The van der Waals surface area contributed by atoms with Gasteiger partial charge >= 0.3 is 0 Å². The summed E-state index contributed by atoms with van der Waals surface area (Å²) >= 11 is 0. The van der Waals surface area contributed by atoms with Crippen LogP contribution in [0.25, 0.3) is 0 Å². The van der Waals surface area contributed by atoms with E-state index >= 15 is 0 Å². The second-order valence-electron chi connectivity index (χ2n) is 6.72. The van der Waals surface area contributed by atoms with Gasteiger partial charge < -0.3 is 5.73 Å². The zero-order valence-electron chi connectivity index (χ0n) is 14.5. The molecule has 0 amide bonds. The standard InChI is InChI=1S/C17H28N2O2S/c1-10-7-16(8-18)9-19(10)22(20,21)17-14(5)12(3)11(2)13(4)15(17)6/h10,16H,7-9,18H2,1-6H3. The van der Waals surface area contributed by atoms with Crippen LogP contribution in [0.3, 0.4) is 0 Å². The van der Waals surface area contributed by atoms with Gasteiger partial charge in [-0.25, -0.2) is 8.42 Å². The molecule has 1 aliphatic rings. The number of rotatable bonds is 3. The molecule has 0 saturated carbocycles. The van der Waals surface area contributed by atoms with E-state index in [0.717, 1.165) is 28.7 Å². The fourth-order valence-electron chi connectivity index (χ4n) is 3.58. The van der Waals surface area contributed by atoms with Gasteiger partial charge in [0.1, 0.15) is 0 Å². The highest BCUT2D eigenvalue weighted by atomic mass is 32.2. The van der Waals surface area contributed by atoms with Crippen molar-refractivity contribution in [3.05, 3.63) is 27.8 Å². The fraction of sp³-hybridized carbons (Fsp3) is 0.647. The molecule has 1 aliphatic heterocycles. The number of nitrogens with zero attached hydrogens (tertiary/aromatic N) is 1. The lowest BCUT2D eigenvalue weighted by molar-refractivity contribution is 0.404. The first kappa shape index (κ1) is 17.4. The quantitative estimate of drug-likeness (QED) is 0.929. The lowest BCUT2D eigenvalue weighted by Crippen LogP contribution is -2.35. The highest BCUT2D eigenvalue weighted by Gasteiger charge is 2.39. The first-order chi connectivity index (χ1) is 10.1. The maximum atomic E-state index is 13.2. The Balaban J connectivity index is 2.61. The third-order valence-electron chi connectivity index (χ3n) is 5.44. The zero-order valence-corrected chi connectivity index (χ0v) is 15.3. The van der Waals surface area contributed by atoms with E-state index < -0.39 is 10.0 Å². The zero-order chi connectivity index (χ0) is 16.8. The molecule has 2 N–H and O–H groups in total. The monoisotopic (exact) mass is 324 g/mol. The van der Waals surface area contributed by atoms with E-state index in [-0.39, 0.29) is 12.0 Å². The van der Waals surface area contributed by atoms with Crippen molar-refractivity contribution in [3.63, 3.8) is 0 Å². The molecule has 0 aliphatic carbocycles. The third-order valence-corrected chi connectivity index (χ3v) is 7.69. The molecule has 0 bridgehead atoms. The van der Waals surface area contributed by atoms with Crippen LogP contribution in [0.2, 0.25) is 0 Å². The van der Waals surface area contributed by atoms with E-state index in [1.807, 2.05) is 34.6 Å². The Bertz CT molecular complexity index is 666. The van der Waals surface area contributed by atoms with Crippen LogP contribution in [0.15, 0.2) is 4.90 Å². The SMILES string of the molecule is Cc1c(C)c(C)c(S(=O)(=O)N2CC(CN)CC2C)c(C)c1C. The summed E-state index contributed by atoms with van der Waals surface area (Å²) in [6.45, 7) is 13.0. The summed E-state index contributed by atoms with van der Waals surface area (Å²) in [5.41, 5.74) is 10.8. The van der Waals surface area contributed by atoms with Crippen LogP contribution in [0.5, 0.6) is 0 Å². The van der Waals surface area contributed by atoms with Crippen molar-refractivity contribution in [2.75, 3.05) is 13.1 Å². The second kappa shape index (κ2) is 5.95. The van der Waals surface area contributed by atoms with E-state index in [1.165, 1.54) is 5.56 Å². The van der Waals surface area contributed by atoms with Crippen molar-refractivity contribution in [1.29, 1.82) is 0 Å². The van der Waals surface area contributed by atoms with Crippen LogP contribution in [-0.2, 0) is 10.0 Å². The van der Waals surface area contributed by atoms with Crippen LogP contribution in [0, 0.1) is 40.5 Å². The van der Waals surface area contributed by atoms with Crippen molar-refractivity contribution in [3.8, 4) is 0 Å². The summed E-state index contributed by atoms with van der Waals surface area (Å²) in [5, 5.41) is 0. The molecule has 1 fully saturated rings. The Morgan fingerprint density at radius 3 is 1.86 bits per heavy atom. The van der Waals surface area contributed by atoms with Crippen LogP contribution >= 0.6 is 0 Å². The summed E-state index contributed by atoms with van der Waals surface area (Å²) in [6.07, 6.45) is 0.845. The Morgan fingerprint density at radius 2 is 1.45 bits per heavy atom. The topological polar surface area (TPSA) is 63.4 Å². The highest BCUT2D eigenvalue weighted by Crippen LogP contribution is 2.35. The molecule has 2 unspecified atom stereocenters. The molecule has 0 aromatic heterocycles. The van der Waals surface area contributed by atoms with Crippen LogP contribution in [0.1, 0.15) is 41.2 Å². The molecule has 5 heteroatoms. The molecule has 1 aromatic rings. The summed E-state index contributed by atoms with van der Waals surface area (Å²) in [5.74, 6) is 0.262. The smallest absolute Gasteiger partial charge is 0.243 e. The van der Waals surface area contributed by atoms with Crippen LogP contribution < -0.4 is 5.73 Å². The predicted octanol–water partition coefficient (Wildman–Crippen LogP) is 2.59. The molecular weight excluding hydrogens is 296 g/mol. The van der Waals surface area contributed by atoms with E-state index in [9.17, 15) is 8.42 Å². The van der Waals surface area contributed by atoms with E-state index in [2.05, 4.69) is 6.92 Å². The normalized spacial score (nSPS) is 23.2. The van der Waals surface area contributed by atoms with E-state index in [4.69, 9.17) is 5.73 Å². The Hall–Kier alpha value is -0.910. The minimum atomic E-state index is -3.48. The fourth-order valence-corrected chi connectivity index (χ4v) is 5.87. The number of sulfonamides is 1. The van der Waals surface area contributed by atoms with Gasteiger partial charge in [0.25, 0.3) is 0 Å². The van der Waals surface area contributed by atoms with Gasteiger partial charge in [-0.15, -0.1) is 0 Å². The molecule has 1 aromatic carbocycles. The highest BCUT2D eigenvalue weighted by molar-refractivity contribution is 7.89. The van der Waals surface area contributed by atoms with E-state index in [0.29, 0.717) is 18.0 Å². The Labute approximate surface area is 134 Å². The predicted molar refractivity (Wildman–Crippen MR) is 90.6 cm³/mol. The van der Waals surface area contributed by atoms with Crippen molar-refractivity contribution in [1.82, 2.24) is 4.31 Å². The molecule has 4 nitrogen and oxygen atoms in total. The summed E-state index contributed by atoms with van der Waals surface area (Å²) in [6, 6.07) is 0.0132. The maximum absolute atomic E-state index is 13.2. The molecule has 0 spiro atoms. The molecule has 2 atom stereocenters. The van der Waals surface area contributed by atoms with Crippen LogP contribution in [-0.4, -0.2) is 31.9 Å². The molecule has 0 radical (unpaired) electrons. The van der Waals surface area contributed by atoms with Gasteiger partial charge in [0, 0.05) is 12.6 Å². The second-order valence-corrected chi connectivity index (χ2v) is 8.54.